The minimum Gasteiger partial charge on any atom is -0.493 e. The third-order valence-electron chi connectivity index (χ3n) is 3.01. The molecule has 0 radical (unpaired) electrons. The predicted octanol–water partition coefficient (Wildman–Crippen LogP) is 2.72. The van der Waals surface area contributed by atoms with Crippen LogP contribution >= 0.6 is 11.3 Å². The van der Waals surface area contributed by atoms with Crippen molar-refractivity contribution in [2.24, 2.45) is 5.73 Å². The van der Waals surface area contributed by atoms with Crippen LogP contribution in [0, 0.1) is 0 Å². The number of thiophene rings is 1. The van der Waals surface area contributed by atoms with E-state index in [0.717, 1.165) is 11.1 Å². The average molecular weight is 293 g/mol. The average Bonchev–Trinajstić information content (AvgIpc) is 2.98. The van der Waals surface area contributed by atoms with Crippen LogP contribution < -0.4 is 15.2 Å². The van der Waals surface area contributed by atoms with E-state index in [1.807, 2.05) is 29.8 Å². The minimum atomic E-state index is -0.227. The van der Waals surface area contributed by atoms with Gasteiger partial charge in [0.2, 0.25) is 0 Å². The van der Waals surface area contributed by atoms with Crippen LogP contribution in [-0.4, -0.2) is 18.3 Å². The van der Waals surface area contributed by atoms with Gasteiger partial charge in [0.1, 0.15) is 6.10 Å². The molecule has 0 fully saturated rings. The van der Waals surface area contributed by atoms with Gasteiger partial charge in [-0.05, 0) is 41.4 Å². The summed E-state index contributed by atoms with van der Waals surface area (Å²) in [7, 11) is 1.58. The largest absolute Gasteiger partial charge is 0.493 e. The molecule has 2 aromatic rings. The van der Waals surface area contributed by atoms with Crippen LogP contribution in [0.5, 0.6) is 11.5 Å². The summed E-state index contributed by atoms with van der Waals surface area (Å²) in [5.41, 5.74) is 7.86. The fraction of sp³-hybridized carbons (Fsp3) is 0.333. The number of hydrogen-bond donors (Lipinski definition) is 2. The number of hydrogen-bond acceptors (Lipinski definition) is 5. The molecule has 2 unspecified atom stereocenters. The smallest absolute Gasteiger partial charge is 0.162 e. The summed E-state index contributed by atoms with van der Waals surface area (Å²) in [5.74, 6) is 1.22. The van der Waals surface area contributed by atoms with Gasteiger partial charge in [-0.2, -0.15) is 11.3 Å². The Bertz CT molecular complexity index is 540. The van der Waals surface area contributed by atoms with E-state index in [0.29, 0.717) is 11.5 Å². The molecule has 0 saturated heterocycles. The van der Waals surface area contributed by atoms with E-state index in [1.54, 1.807) is 30.6 Å². The molecular weight excluding hydrogens is 274 g/mol. The lowest BCUT2D eigenvalue weighted by molar-refractivity contribution is 0.173. The van der Waals surface area contributed by atoms with E-state index in [4.69, 9.17) is 20.3 Å². The Morgan fingerprint density at radius 1 is 1.30 bits per heavy atom. The van der Waals surface area contributed by atoms with Gasteiger partial charge >= 0.3 is 0 Å². The van der Waals surface area contributed by atoms with E-state index in [2.05, 4.69) is 0 Å². The SMILES string of the molecule is COc1cc(CO)ccc1OC(c1ccsc1)C(C)N. The summed E-state index contributed by atoms with van der Waals surface area (Å²) in [4.78, 5) is 0. The lowest BCUT2D eigenvalue weighted by Gasteiger charge is -2.23. The van der Waals surface area contributed by atoms with Crippen LogP contribution in [0.4, 0.5) is 0 Å². The normalized spacial score (nSPS) is 13.8. The maximum atomic E-state index is 9.15. The monoisotopic (exact) mass is 293 g/mol. The number of rotatable bonds is 6. The highest BCUT2D eigenvalue weighted by molar-refractivity contribution is 7.07. The summed E-state index contributed by atoms with van der Waals surface area (Å²) in [6.45, 7) is 1.88. The van der Waals surface area contributed by atoms with Gasteiger partial charge in [-0.3, -0.25) is 0 Å². The molecule has 0 spiro atoms. The molecule has 0 bridgehead atoms. The highest BCUT2D eigenvalue weighted by atomic mass is 32.1. The molecule has 3 N–H and O–H groups in total. The molecule has 0 aliphatic carbocycles. The minimum absolute atomic E-state index is 0.0299. The molecule has 108 valence electrons. The molecule has 1 heterocycles. The molecule has 0 amide bonds. The van der Waals surface area contributed by atoms with Gasteiger partial charge in [0, 0.05) is 11.6 Å². The number of benzene rings is 1. The lowest BCUT2D eigenvalue weighted by atomic mass is 10.1. The number of nitrogens with two attached hydrogens (primary N) is 1. The second-order valence-corrected chi connectivity index (χ2v) is 5.38. The van der Waals surface area contributed by atoms with Crippen LogP contribution in [0.25, 0.3) is 0 Å². The Morgan fingerprint density at radius 2 is 2.10 bits per heavy atom. The van der Waals surface area contributed by atoms with Crippen LogP contribution in [0.2, 0.25) is 0 Å². The molecule has 4 nitrogen and oxygen atoms in total. The second-order valence-electron chi connectivity index (χ2n) is 4.60. The molecule has 1 aromatic carbocycles. The highest BCUT2D eigenvalue weighted by Gasteiger charge is 2.20. The third-order valence-corrected chi connectivity index (χ3v) is 3.72. The Hall–Kier alpha value is -1.56. The Balaban J connectivity index is 2.27. The molecule has 0 saturated carbocycles. The highest BCUT2D eigenvalue weighted by Crippen LogP contribution is 2.33. The summed E-state index contributed by atoms with van der Waals surface area (Å²) in [6.07, 6.45) is -0.227. The number of methoxy groups -OCH3 is 1. The molecule has 2 rings (SSSR count). The van der Waals surface area contributed by atoms with E-state index < -0.39 is 0 Å². The molecule has 0 aliphatic rings. The van der Waals surface area contributed by atoms with Crippen molar-refractivity contribution in [2.75, 3.05) is 7.11 Å². The Labute approximate surface area is 122 Å². The standard InChI is InChI=1S/C15H19NO3S/c1-10(16)15(12-5-6-20-9-12)19-13-4-3-11(8-17)7-14(13)18-2/h3-7,9-10,15,17H,8,16H2,1-2H3. The second kappa shape index (κ2) is 6.74. The topological polar surface area (TPSA) is 64.7 Å². The summed E-state index contributed by atoms with van der Waals surface area (Å²) < 4.78 is 11.3. The zero-order chi connectivity index (χ0) is 14.5. The predicted molar refractivity (Wildman–Crippen MR) is 80.3 cm³/mol. The van der Waals surface area contributed by atoms with E-state index in [-0.39, 0.29) is 18.8 Å². The summed E-state index contributed by atoms with van der Waals surface area (Å²) in [5, 5.41) is 13.2. The molecule has 20 heavy (non-hydrogen) atoms. The molecule has 2 atom stereocenters. The van der Waals surface area contributed by atoms with Crippen molar-refractivity contribution in [3.63, 3.8) is 0 Å². The Morgan fingerprint density at radius 3 is 2.65 bits per heavy atom. The quantitative estimate of drug-likeness (QED) is 0.859. The van der Waals surface area contributed by atoms with Crippen molar-refractivity contribution in [1.82, 2.24) is 0 Å². The van der Waals surface area contributed by atoms with Crippen LogP contribution in [0.15, 0.2) is 35.0 Å². The lowest BCUT2D eigenvalue weighted by Crippen LogP contribution is -2.28. The van der Waals surface area contributed by atoms with Gasteiger partial charge in [0.25, 0.3) is 0 Å². The van der Waals surface area contributed by atoms with Crippen LogP contribution in [0.1, 0.15) is 24.2 Å². The Kier molecular flexibility index (Phi) is 5.00. The summed E-state index contributed by atoms with van der Waals surface area (Å²) >= 11 is 1.61. The van der Waals surface area contributed by atoms with Crippen molar-refractivity contribution >= 4 is 11.3 Å². The fourth-order valence-electron chi connectivity index (χ4n) is 1.96. The van der Waals surface area contributed by atoms with Gasteiger partial charge in [-0.1, -0.05) is 6.07 Å². The van der Waals surface area contributed by atoms with Crippen molar-refractivity contribution in [2.45, 2.75) is 25.7 Å². The number of aliphatic hydroxyl groups excluding tert-OH is 1. The first-order chi connectivity index (χ1) is 9.65. The van der Waals surface area contributed by atoms with Gasteiger partial charge in [-0.15, -0.1) is 0 Å². The van der Waals surface area contributed by atoms with E-state index >= 15 is 0 Å². The van der Waals surface area contributed by atoms with Crippen molar-refractivity contribution in [3.8, 4) is 11.5 Å². The van der Waals surface area contributed by atoms with Crippen LogP contribution in [-0.2, 0) is 6.61 Å². The first kappa shape index (κ1) is 14.8. The van der Waals surface area contributed by atoms with Crippen molar-refractivity contribution in [1.29, 1.82) is 0 Å². The van der Waals surface area contributed by atoms with Crippen LogP contribution in [0.3, 0.4) is 0 Å². The van der Waals surface area contributed by atoms with Crippen molar-refractivity contribution < 1.29 is 14.6 Å². The number of aliphatic hydroxyl groups is 1. The van der Waals surface area contributed by atoms with Gasteiger partial charge in [-0.25, -0.2) is 0 Å². The maximum Gasteiger partial charge on any atom is 0.162 e. The van der Waals surface area contributed by atoms with Gasteiger partial charge in [0.15, 0.2) is 11.5 Å². The molecule has 0 aliphatic heterocycles. The molecule has 1 aromatic heterocycles. The maximum absolute atomic E-state index is 9.15. The van der Waals surface area contributed by atoms with Gasteiger partial charge < -0.3 is 20.3 Å². The van der Waals surface area contributed by atoms with E-state index in [9.17, 15) is 0 Å². The zero-order valence-electron chi connectivity index (χ0n) is 11.6. The van der Waals surface area contributed by atoms with E-state index in [1.165, 1.54) is 0 Å². The van der Waals surface area contributed by atoms with Crippen molar-refractivity contribution in [3.05, 3.63) is 46.2 Å². The molecular formula is C15H19NO3S. The first-order valence-corrected chi connectivity index (χ1v) is 7.32. The first-order valence-electron chi connectivity index (χ1n) is 6.37. The summed E-state index contributed by atoms with van der Waals surface area (Å²) in [6, 6.07) is 7.23. The fourth-order valence-corrected chi connectivity index (χ4v) is 2.64. The number of ether oxygens (including phenoxy) is 2. The molecule has 5 heteroatoms. The third kappa shape index (κ3) is 3.30. The zero-order valence-corrected chi connectivity index (χ0v) is 12.4. The van der Waals surface area contributed by atoms with Gasteiger partial charge in [0.05, 0.1) is 13.7 Å².